The van der Waals surface area contributed by atoms with Crippen molar-refractivity contribution in [2.24, 2.45) is 5.92 Å². The van der Waals surface area contributed by atoms with E-state index in [2.05, 4.69) is 10.6 Å². The minimum atomic E-state index is -0.178. The zero-order chi connectivity index (χ0) is 24.2. The Morgan fingerprint density at radius 1 is 1.06 bits per heavy atom. The normalized spacial score (nSPS) is 14.2. The predicted molar refractivity (Wildman–Crippen MR) is 133 cm³/mol. The van der Waals surface area contributed by atoms with Crippen LogP contribution in [0.1, 0.15) is 42.1 Å². The van der Waals surface area contributed by atoms with E-state index in [0.717, 1.165) is 12.0 Å². The third-order valence-electron chi connectivity index (χ3n) is 5.74. The fourth-order valence-electron chi connectivity index (χ4n) is 3.80. The number of carbonyl (C=O) groups excluding carboxylic acids is 3. The van der Waals surface area contributed by atoms with Gasteiger partial charge in [-0.3, -0.25) is 14.4 Å². The monoisotopic (exact) mass is 463 g/mol. The maximum atomic E-state index is 12.8. The summed E-state index contributed by atoms with van der Waals surface area (Å²) in [6.45, 7) is 4.83. The zero-order valence-corrected chi connectivity index (χ0v) is 19.7. The van der Waals surface area contributed by atoms with Gasteiger partial charge in [-0.05, 0) is 56.0 Å². The number of nitrogens with one attached hydrogen (secondary N) is 2. The summed E-state index contributed by atoms with van der Waals surface area (Å²) in [6.07, 6.45) is 5.36. The average Bonchev–Trinajstić information content (AvgIpc) is 2.88. The van der Waals surface area contributed by atoms with Crippen molar-refractivity contribution in [1.29, 1.82) is 0 Å². The lowest BCUT2D eigenvalue weighted by Gasteiger charge is -2.30. The van der Waals surface area contributed by atoms with Crippen LogP contribution in [-0.2, 0) is 14.3 Å². The third-order valence-corrected chi connectivity index (χ3v) is 5.74. The lowest BCUT2D eigenvalue weighted by atomic mass is 9.95. The second kappa shape index (κ2) is 13.3. The highest BCUT2D eigenvalue weighted by atomic mass is 16.5. The van der Waals surface area contributed by atoms with Gasteiger partial charge in [0.05, 0.1) is 0 Å². The molecule has 2 N–H and O–H groups in total. The van der Waals surface area contributed by atoms with Crippen molar-refractivity contribution in [3.8, 4) is 0 Å². The maximum absolute atomic E-state index is 12.8. The van der Waals surface area contributed by atoms with Crippen molar-refractivity contribution in [2.45, 2.75) is 26.2 Å². The van der Waals surface area contributed by atoms with E-state index in [0.29, 0.717) is 56.9 Å². The summed E-state index contributed by atoms with van der Waals surface area (Å²) in [5.74, 6) is -0.468. The highest BCUT2D eigenvalue weighted by Crippen LogP contribution is 2.20. The van der Waals surface area contributed by atoms with Crippen molar-refractivity contribution in [1.82, 2.24) is 10.2 Å². The van der Waals surface area contributed by atoms with Crippen molar-refractivity contribution >= 4 is 29.5 Å². The molecule has 0 bridgehead atoms. The molecular formula is C27H33N3O4. The van der Waals surface area contributed by atoms with Gasteiger partial charge in [-0.15, -0.1) is 0 Å². The number of hydrogen-bond donors (Lipinski definition) is 2. The van der Waals surface area contributed by atoms with Crippen LogP contribution in [0.15, 0.2) is 60.7 Å². The van der Waals surface area contributed by atoms with Gasteiger partial charge in [0.15, 0.2) is 0 Å². The maximum Gasteiger partial charge on any atom is 0.251 e. The molecule has 0 unspecified atom stereocenters. The van der Waals surface area contributed by atoms with Crippen LogP contribution >= 0.6 is 0 Å². The Kier molecular flexibility index (Phi) is 9.85. The van der Waals surface area contributed by atoms with E-state index >= 15 is 0 Å². The smallest absolute Gasteiger partial charge is 0.251 e. The lowest BCUT2D eigenvalue weighted by Crippen LogP contribution is -2.40. The molecule has 1 saturated heterocycles. The SMILES string of the molecule is CCOCCCNC(=O)c1cccc(NC(=O)C2CCN(C(=O)/C=C/c3ccccc3)CC2)c1. The molecule has 7 heteroatoms. The fraction of sp³-hybridized carbons (Fsp3) is 0.370. The second-order valence-corrected chi connectivity index (χ2v) is 8.22. The molecule has 1 fully saturated rings. The van der Waals surface area contributed by atoms with Gasteiger partial charge in [0.2, 0.25) is 11.8 Å². The van der Waals surface area contributed by atoms with Gasteiger partial charge >= 0.3 is 0 Å². The molecule has 7 nitrogen and oxygen atoms in total. The van der Waals surface area contributed by atoms with Gasteiger partial charge < -0.3 is 20.3 Å². The predicted octanol–water partition coefficient (Wildman–Crippen LogP) is 3.73. The van der Waals surface area contributed by atoms with Gasteiger partial charge in [-0.2, -0.15) is 0 Å². The quantitative estimate of drug-likeness (QED) is 0.415. The first kappa shape index (κ1) is 25.2. The number of rotatable bonds is 10. The summed E-state index contributed by atoms with van der Waals surface area (Å²) in [5, 5.41) is 5.79. The Balaban J connectivity index is 1.45. The summed E-state index contributed by atoms with van der Waals surface area (Å²) in [4.78, 5) is 39.4. The van der Waals surface area contributed by atoms with Crippen LogP contribution in [0.25, 0.3) is 6.08 Å². The Bertz CT molecular complexity index is 982. The molecule has 3 amide bonds. The molecule has 2 aromatic carbocycles. The average molecular weight is 464 g/mol. The van der Waals surface area contributed by atoms with Gasteiger partial charge in [0.25, 0.3) is 5.91 Å². The van der Waals surface area contributed by atoms with Crippen LogP contribution in [0.3, 0.4) is 0 Å². The van der Waals surface area contributed by atoms with Crippen LogP contribution < -0.4 is 10.6 Å². The molecule has 34 heavy (non-hydrogen) atoms. The second-order valence-electron chi connectivity index (χ2n) is 8.22. The number of benzene rings is 2. The van der Waals surface area contributed by atoms with Gasteiger partial charge in [0, 0.05) is 56.1 Å². The first-order chi connectivity index (χ1) is 16.6. The van der Waals surface area contributed by atoms with Crippen LogP contribution in [0, 0.1) is 5.92 Å². The Hall–Kier alpha value is -3.45. The first-order valence-electron chi connectivity index (χ1n) is 11.9. The van der Waals surface area contributed by atoms with Crippen molar-refractivity contribution in [2.75, 3.05) is 38.2 Å². The van der Waals surface area contributed by atoms with Gasteiger partial charge in [0.1, 0.15) is 0 Å². The van der Waals surface area contributed by atoms with E-state index in [-0.39, 0.29) is 23.6 Å². The minimum absolute atomic E-state index is 0.0392. The summed E-state index contributed by atoms with van der Waals surface area (Å²) in [6, 6.07) is 16.6. The van der Waals surface area contributed by atoms with E-state index in [9.17, 15) is 14.4 Å². The number of carbonyl (C=O) groups is 3. The third kappa shape index (κ3) is 7.85. The molecule has 3 rings (SSSR count). The Labute approximate surface area is 201 Å². The first-order valence-corrected chi connectivity index (χ1v) is 11.9. The van der Waals surface area contributed by atoms with E-state index in [1.165, 1.54) is 0 Å². The number of ether oxygens (including phenoxy) is 1. The highest BCUT2D eigenvalue weighted by molar-refractivity contribution is 5.98. The highest BCUT2D eigenvalue weighted by Gasteiger charge is 2.26. The molecule has 2 aromatic rings. The molecule has 0 aliphatic carbocycles. The molecule has 0 atom stereocenters. The number of piperidine rings is 1. The summed E-state index contributed by atoms with van der Waals surface area (Å²) < 4.78 is 5.27. The van der Waals surface area contributed by atoms with Crippen molar-refractivity contribution in [3.63, 3.8) is 0 Å². The van der Waals surface area contributed by atoms with Crippen LogP contribution in [0.4, 0.5) is 5.69 Å². The summed E-state index contributed by atoms with van der Waals surface area (Å²) in [7, 11) is 0. The topological polar surface area (TPSA) is 87.7 Å². The standard InChI is InChI=1S/C27H33N3O4/c1-2-34-19-7-16-28-26(32)23-10-6-11-24(20-23)29-27(33)22-14-17-30(18-15-22)25(31)13-12-21-8-4-3-5-9-21/h3-6,8-13,20,22H,2,7,14-19H2,1H3,(H,28,32)(H,29,33)/b13-12+. The Morgan fingerprint density at radius 3 is 2.56 bits per heavy atom. The number of likely N-dealkylation sites (tertiary alicyclic amines) is 1. The summed E-state index contributed by atoms with van der Waals surface area (Å²) >= 11 is 0. The molecule has 0 spiro atoms. The largest absolute Gasteiger partial charge is 0.382 e. The molecule has 0 radical (unpaired) electrons. The molecule has 0 saturated carbocycles. The van der Waals surface area contributed by atoms with E-state index < -0.39 is 0 Å². The van der Waals surface area contributed by atoms with E-state index in [1.807, 2.05) is 43.3 Å². The fourth-order valence-corrected chi connectivity index (χ4v) is 3.80. The number of anilines is 1. The lowest BCUT2D eigenvalue weighted by molar-refractivity contribution is -0.130. The van der Waals surface area contributed by atoms with Gasteiger partial charge in [-0.1, -0.05) is 36.4 Å². The van der Waals surface area contributed by atoms with Crippen LogP contribution in [-0.4, -0.2) is 55.5 Å². The van der Waals surface area contributed by atoms with Crippen molar-refractivity contribution in [3.05, 3.63) is 71.8 Å². The van der Waals surface area contributed by atoms with Crippen LogP contribution in [0.2, 0.25) is 0 Å². The molecule has 180 valence electrons. The van der Waals surface area contributed by atoms with Crippen LogP contribution in [0.5, 0.6) is 0 Å². The molecule has 1 aliphatic heterocycles. The van der Waals surface area contributed by atoms with E-state index in [1.54, 1.807) is 35.2 Å². The Morgan fingerprint density at radius 2 is 1.82 bits per heavy atom. The minimum Gasteiger partial charge on any atom is -0.382 e. The molecule has 1 aliphatic rings. The van der Waals surface area contributed by atoms with E-state index in [4.69, 9.17) is 4.74 Å². The van der Waals surface area contributed by atoms with Crippen molar-refractivity contribution < 1.29 is 19.1 Å². The molecular weight excluding hydrogens is 430 g/mol. The number of amides is 3. The zero-order valence-electron chi connectivity index (χ0n) is 19.7. The molecule has 1 heterocycles. The molecule has 0 aromatic heterocycles. The number of hydrogen-bond acceptors (Lipinski definition) is 4. The summed E-state index contributed by atoms with van der Waals surface area (Å²) in [5.41, 5.74) is 2.07. The van der Waals surface area contributed by atoms with Gasteiger partial charge in [-0.25, -0.2) is 0 Å². The number of nitrogens with zero attached hydrogens (tertiary/aromatic N) is 1.